The van der Waals surface area contributed by atoms with Gasteiger partial charge in [0.05, 0.1) is 19.0 Å². The highest BCUT2D eigenvalue weighted by Crippen LogP contribution is 2.32. The molecule has 0 unspecified atom stereocenters. The number of pyridine rings is 1. The molecule has 2 aromatic heterocycles. The molecule has 2 heterocycles. The van der Waals surface area contributed by atoms with E-state index < -0.39 is 0 Å². The number of carbonyl (C=O) groups is 1. The first-order valence-electron chi connectivity index (χ1n) is 8.10. The van der Waals surface area contributed by atoms with Crippen LogP contribution in [-0.2, 0) is 0 Å². The number of amides is 1. The third kappa shape index (κ3) is 3.47. The summed E-state index contributed by atoms with van der Waals surface area (Å²) in [7, 11) is 1.54. The summed E-state index contributed by atoms with van der Waals surface area (Å²) in [5, 5.41) is 3.42. The van der Waals surface area contributed by atoms with Crippen molar-refractivity contribution < 1.29 is 13.9 Å². The fourth-order valence-electron chi connectivity index (χ4n) is 2.64. The van der Waals surface area contributed by atoms with Crippen LogP contribution in [-0.4, -0.2) is 23.0 Å². The highest BCUT2D eigenvalue weighted by atomic mass is 35.5. The predicted molar refractivity (Wildman–Crippen MR) is 103 cm³/mol. The SMILES string of the molecule is COc1ccc(-c2nc3cnccc3o2)cc1NC(=O)c1ccc(Cl)cc1. The van der Waals surface area contributed by atoms with E-state index >= 15 is 0 Å². The molecule has 1 N–H and O–H groups in total. The third-order valence-electron chi connectivity index (χ3n) is 3.99. The van der Waals surface area contributed by atoms with Crippen molar-refractivity contribution in [2.75, 3.05) is 12.4 Å². The molecule has 0 aliphatic rings. The molecule has 1 amide bonds. The Labute approximate surface area is 159 Å². The molecule has 0 fully saturated rings. The normalized spacial score (nSPS) is 10.7. The predicted octanol–water partition coefficient (Wildman–Crippen LogP) is 4.80. The van der Waals surface area contributed by atoms with Gasteiger partial charge >= 0.3 is 0 Å². The third-order valence-corrected chi connectivity index (χ3v) is 4.24. The van der Waals surface area contributed by atoms with Gasteiger partial charge in [-0.3, -0.25) is 9.78 Å². The number of anilines is 1. The van der Waals surface area contributed by atoms with Crippen LogP contribution in [0.15, 0.2) is 65.3 Å². The second kappa shape index (κ2) is 7.09. The Morgan fingerprint density at radius 2 is 1.96 bits per heavy atom. The number of aromatic nitrogens is 2. The number of benzene rings is 2. The molecule has 0 aliphatic carbocycles. The van der Waals surface area contributed by atoms with E-state index in [1.54, 1.807) is 54.9 Å². The Kier molecular flexibility index (Phi) is 4.48. The zero-order chi connectivity index (χ0) is 18.8. The second-order valence-electron chi connectivity index (χ2n) is 5.74. The molecule has 0 bridgehead atoms. The Balaban J connectivity index is 1.68. The number of hydrogen-bond acceptors (Lipinski definition) is 5. The lowest BCUT2D eigenvalue weighted by atomic mass is 10.1. The van der Waals surface area contributed by atoms with Gasteiger partial charge < -0.3 is 14.5 Å². The number of nitrogens with zero attached hydrogens (tertiary/aromatic N) is 2. The molecule has 27 heavy (non-hydrogen) atoms. The number of methoxy groups -OCH3 is 1. The first-order valence-corrected chi connectivity index (χ1v) is 8.48. The van der Waals surface area contributed by atoms with Crippen LogP contribution >= 0.6 is 11.6 Å². The van der Waals surface area contributed by atoms with Gasteiger partial charge in [-0.15, -0.1) is 0 Å². The topological polar surface area (TPSA) is 77.2 Å². The Morgan fingerprint density at radius 3 is 2.70 bits per heavy atom. The average molecular weight is 380 g/mol. The molecule has 0 atom stereocenters. The summed E-state index contributed by atoms with van der Waals surface area (Å²) < 4.78 is 11.1. The lowest BCUT2D eigenvalue weighted by Crippen LogP contribution is -2.12. The van der Waals surface area contributed by atoms with E-state index in [9.17, 15) is 4.79 Å². The molecule has 0 radical (unpaired) electrons. The molecule has 2 aromatic carbocycles. The van der Waals surface area contributed by atoms with E-state index in [0.29, 0.717) is 44.6 Å². The van der Waals surface area contributed by atoms with Crippen molar-refractivity contribution in [3.05, 3.63) is 71.5 Å². The van der Waals surface area contributed by atoms with Crippen LogP contribution in [0.4, 0.5) is 5.69 Å². The maximum Gasteiger partial charge on any atom is 0.255 e. The lowest BCUT2D eigenvalue weighted by molar-refractivity contribution is 0.102. The minimum atomic E-state index is -0.274. The molecule has 7 heteroatoms. The van der Waals surface area contributed by atoms with Crippen LogP contribution in [0.3, 0.4) is 0 Å². The Morgan fingerprint density at radius 1 is 1.15 bits per heavy atom. The minimum Gasteiger partial charge on any atom is -0.495 e. The van der Waals surface area contributed by atoms with Gasteiger partial charge in [-0.25, -0.2) is 4.98 Å². The fraction of sp³-hybridized carbons (Fsp3) is 0.0500. The molecule has 6 nitrogen and oxygen atoms in total. The summed E-state index contributed by atoms with van der Waals surface area (Å²) in [4.78, 5) is 21.0. The average Bonchev–Trinajstić information content (AvgIpc) is 3.12. The second-order valence-corrected chi connectivity index (χ2v) is 6.17. The summed E-state index contributed by atoms with van der Waals surface area (Å²) in [5.41, 5.74) is 3.01. The molecule has 0 saturated heterocycles. The highest BCUT2D eigenvalue weighted by Gasteiger charge is 2.14. The molecule has 0 spiro atoms. The zero-order valence-electron chi connectivity index (χ0n) is 14.3. The number of oxazole rings is 1. The summed E-state index contributed by atoms with van der Waals surface area (Å²) in [6.45, 7) is 0. The standard InChI is InChI=1S/C20H14ClN3O3/c1-26-17-7-4-13(20-24-16-11-22-9-8-18(16)27-20)10-15(17)23-19(25)12-2-5-14(21)6-3-12/h2-11H,1H3,(H,23,25). The van der Waals surface area contributed by atoms with E-state index in [1.807, 2.05) is 6.07 Å². The summed E-state index contributed by atoms with van der Waals surface area (Å²) in [6.07, 6.45) is 3.28. The van der Waals surface area contributed by atoms with Crippen LogP contribution in [0.2, 0.25) is 5.02 Å². The number of fused-ring (bicyclic) bond motifs is 1. The molecule has 4 aromatic rings. The van der Waals surface area contributed by atoms with Crippen molar-refractivity contribution >= 4 is 34.3 Å². The van der Waals surface area contributed by atoms with Gasteiger partial charge in [0.2, 0.25) is 5.89 Å². The van der Waals surface area contributed by atoms with Crippen molar-refractivity contribution in [2.45, 2.75) is 0 Å². The minimum absolute atomic E-state index is 0.274. The van der Waals surface area contributed by atoms with Gasteiger partial charge in [-0.2, -0.15) is 0 Å². The number of nitrogens with one attached hydrogen (secondary N) is 1. The Bertz CT molecular complexity index is 1090. The van der Waals surface area contributed by atoms with Crippen LogP contribution in [0, 0.1) is 0 Å². The van der Waals surface area contributed by atoms with Crippen molar-refractivity contribution in [3.8, 4) is 17.2 Å². The largest absolute Gasteiger partial charge is 0.495 e. The van der Waals surface area contributed by atoms with Gasteiger partial charge in [0.25, 0.3) is 5.91 Å². The maximum atomic E-state index is 12.5. The molecule has 4 rings (SSSR count). The number of hydrogen-bond donors (Lipinski definition) is 1. The first kappa shape index (κ1) is 17.1. The quantitative estimate of drug-likeness (QED) is 0.551. The van der Waals surface area contributed by atoms with Gasteiger partial charge in [-0.05, 0) is 42.5 Å². The smallest absolute Gasteiger partial charge is 0.255 e. The van der Waals surface area contributed by atoms with Crippen molar-refractivity contribution in [3.63, 3.8) is 0 Å². The van der Waals surface area contributed by atoms with E-state index in [4.69, 9.17) is 20.8 Å². The number of carbonyl (C=O) groups excluding carboxylic acids is 1. The zero-order valence-corrected chi connectivity index (χ0v) is 15.0. The Hall–Kier alpha value is -3.38. The van der Waals surface area contributed by atoms with E-state index in [1.165, 1.54) is 7.11 Å². The lowest BCUT2D eigenvalue weighted by Gasteiger charge is -2.11. The van der Waals surface area contributed by atoms with Crippen molar-refractivity contribution in [2.24, 2.45) is 0 Å². The summed E-state index contributed by atoms with van der Waals surface area (Å²) >= 11 is 5.87. The fourth-order valence-corrected chi connectivity index (χ4v) is 2.76. The van der Waals surface area contributed by atoms with Gasteiger partial charge in [-0.1, -0.05) is 11.6 Å². The van der Waals surface area contributed by atoms with E-state index in [0.717, 1.165) is 0 Å². The highest BCUT2D eigenvalue weighted by molar-refractivity contribution is 6.30. The van der Waals surface area contributed by atoms with Crippen LogP contribution in [0.1, 0.15) is 10.4 Å². The summed E-state index contributed by atoms with van der Waals surface area (Å²) in [6, 6.07) is 13.7. The van der Waals surface area contributed by atoms with E-state index in [2.05, 4.69) is 15.3 Å². The molecule has 0 saturated carbocycles. The molecule has 0 aliphatic heterocycles. The van der Waals surface area contributed by atoms with Gasteiger partial charge in [0.15, 0.2) is 5.58 Å². The number of rotatable bonds is 4. The summed E-state index contributed by atoms with van der Waals surface area (Å²) in [5.74, 6) is 0.686. The van der Waals surface area contributed by atoms with Crippen LogP contribution in [0.5, 0.6) is 5.75 Å². The molecule has 134 valence electrons. The first-order chi connectivity index (χ1) is 13.1. The molecular weight excluding hydrogens is 366 g/mol. The van der Waals surface area contributed by atoms with Gasteiger partial charge in [0.1, 0.15) is 11.3 Å². The maximum absolute atomic E-state index is 12.5. The van der Waals surface area contributed by atoms with Crippen molar-refractivity contribution in [1.82, 2.24) is 9.97 Å². The monoisotopic (exact) mass is 379 g/mol. The van der Waals surface area contributed by atoms with E-state index in [-0.39, 0.29) is 5.91 Å². The van der Waals surface area contributed by atoms with Crippen LogP contribution in [0.25, 0.3) is 22.6 Å². The van der Waals surface area contributed by atoms with Gasteiger partial charge in [0, 0.05) is 28.4 Å². The van der Waals surface area contributed by atoms with Crippen LogP contribution < -0.4 is 10.1 Å². The molecular formula is C20H14ClN3O3. The van der Waals surface area contributed by atoms with Crippen molar-refractivity contribution in [1.29, 1.82) is 0 Å². The number of halogens is 1. The number of ether oxygens (including phenoxy) is 1.